The minimum atomic E-state index is -0.226. The van der Waals surface area contributed by atoms with Gasteiger partial charge in [-0.15, -0.1) is 0 Å². The number of nitrogens with zero attached hydrogens (tertiary/aromatic N) is 3. The Morgan fingerprint density at radius 3 is 2.60 bits per heavy atom. The van der Waals surface area contributed by atoms with Gasteiger partial charge in [0.15, 0.2) is 0 Å². The zero-order chi connectivity index (χ0) is 14.7. The molecule has 20 heavy (non-hydrogen) atoms. The number of unbranched alkanes of at least 4 members (excludes halogenated alkanes) is 1. The minimum absolute atomic E-state index is 0.167. The number of hydrogen-bond acceptors (Lipinski definition) is 3. The van der Waals surface area contributed by atoms with Gasteiger partial charge in [-0.2, -0.15) is 0 Å². The van der Waals surface area contributed by atoms with Crippen molar-refractivity contribution in [2.75, 3.05) is 33.7 Å². The molecule has 2 fully saturated rings. The van der Waals surface area contributed by atoms with Crippen LogP contribution in [0.5, 0.6) is 0 Å². The Bertz CT molecular complexity index is 370. The molecule has 2 rings (SSSR count). The van der Waals surface area contributed by atoms with Crippen LogP contribution in [-0.4, -0.2) is 72.3 Å². The minimum Gasteiger partial charge on any atom is -0.329 e. The monoisotopic (exact) mass is 281 g/mol. The molecule has 0 bridgehead atoms. The lowest BCUT2D eigenvalue weighted by Crippen LogP contribution is -2.62. The number of piperazine rings is 1. The zero-order valence-electron chi connectivity index (χ0n) is 13.0. The lowest BCUT2D eigenvalue weighted by atomic mass is 10.0. The highest BCUT2D eigenvalue weighted by atomic mass is 16.2. The average molecular weight is 281 g/mol. The first-order chi connectivity index (χ1) is 9.56. The van der Waals surface area contributed by atoms with Crippen molar-refractivity contribution in [2.24, 2.45) is 0 Å². The van der Waals surface area contributed by atoms with E-state index in [2.05, 4.69) is 19.0 Å². The molecular formula is C15H27N3O2. The largest absolute Gasteiger partial charge is 0.329 e. The predicted octanol–water partition coefficient (Wildman–Crippen LogP) is 0.940. The van der Waals surface area contributed by atoms with Gasteiger partial charge in [0.2, 0.25) is 11.8 Å². The Kier molecular flexibility index (Phi) is 5.02. The summed E-state index contributed by atoms with van der Waals surface area (Å²) in [6.07, 6.45) is 4.57. The standard InChI is InChI=1S/C15H27N3O2/c1-4-12-14(19)18-11-7-8-13(18)15(20)17(12)10-6-5-9-16(2)3/h12-13H,4-11H2,1-3H3. The molecule has 2 amide bonds. The lowest BCUT2D eigenvalue weighted by Gasteiger charge is -2.42. The van der Waals surface area contributed by atoms with Crippen molar-refractivity contribution in [3.8, 4) is 0 Å². The second kappa shape index (κ2) is 6.57. The molecule has 0 spiro atoms. The maximum Gasteiger partial charge on any atom is 0.246 e. The maximum absolute atomic E-state index is 12.6. The summed E-state index contributed by atoms with van der Waals surface area (Å²) in [7, 11) is 4.11. The maximum atomic E-state index is 12.6. The van der Waals surface area contributed by atoms with Crippen molar-refractivity contribution in [1.82, 2.24) is 14.7 Å². The van der Waals surface area contributed by atoms with Crippen LogP contribution >= 0.6 is 0 Å². The fourth-order valence-corrected chi connectivity index (χ4v) is 3.33. The van der Waals surface area contributed by atoms with Gasteiger partial charge in [-0.25, -0.2) is 0 Å². The second-order valence-electron chi connectivity index (χ2n) is 6.16. The van der Waals surface area contributed by atoms with E-state index in [1.807, 2.05) is 16.7 Å². The summed E-state index contributed by atoms with van der Waals surface area (Å²) >= 11 is 0. The molecule has 2 unspecified atom stereocenters. The van der Waals surface area contributed by atoms with E-state index in [1.54, 1.807) is 0 Å². The smallest absolute Gasteiger partial charge is 0.246 e. The average Bonchev–Trinajstić information content (AvgIpc) is 2.89. The first-order valence-electron chi connectivity index (χ1n) is 7.82. The van der Waals surface area contributed by atoms with E-state index in [4.69, 9.17) is 0 Å². The summed E-state index contributed by atoms with van der Waals surface area (Å²) in [6.45, 7) is 4.52. The van der Waals surface area contributed by atoms with Crippen molar-refractivity contribution in [2.45, 2.75) is 51.1 Å². The van der Waals surface area contributed by atoms with E-state index in [0.29, 0.717) is 0 Å². The molecular weight excluding hydrogens is 254 g/mol. The van der Waals surface area contributed by atoms with Crippen molar-refractivity contribution in [1.29, 1.82) is 0 Å². The van der Waals surface area contributed by atoms with Gasteiger partial charge in [-0.05, 0) is 52.7 Å². The predicted molar refractivity (Wildman–Crippen MR) is 78.3 cm³/mol. The normalized spacial score (nSPS) is 26.6. The molecule has 0 N–H and O–H groups in total. The molecule has 0 radical (unpaired) electrons. The number of hydrogen-bond donors (Lipinski definition) is 0. The number of amides is 2. The van der Waals surface area contributed by atoms with Crippen LogP contribution in [0.4, 0.5) is 0 Å². The highest BCUT2D eigenvalue weighted by Crippen LogP contribution is 2.28. The van der Waals surface area contributed by atoms with Crippen LogP contribution < -0.4 is 0 Å². The Hall–Kier alpha value is -1.10. The van der Waals surface area contributed by atoms with Crippen molar-refractivity contribution >= 4 is 11.8 Å². The zero-order valence-corrected chi connectivity index (χ0v) is 13.0. The lowest BCUT2D eigenvalue weighted by molar-refractivity contribution is -0.159. The van der Waals surface area contributed by atoms with Crippen LogP contribution in [0.15, 0.2) is 0 Å². The topological polar surface area (TPSA) is 43.9 Å². The second-order valence-corrected chi connectivity index (χ2v) is 6.16. The van der Waals surface area contributed by atoms with Gasteiger partial charge in [0.25, 0.3) is 0 Å². The van der Waals surface area contributed by atoms with Crippen molar-refractivity contribution < 1.29 is 9.59 Å². The van der Waals surface area contributed by atoms with E-state index < -0.39 is 0 Å². The van der Waals surface area contributed by atoms with Gasteiger partial charge in [0, 0.05) is 13.1 Å². The van der Waals surface area contributed by atoms with E-state index in [9.17, 15) is 9.59 Å². The summed E-state index contributed by atoms with van der Waals surface area (Å²) < 4.78 is 0. The first-order valence-corrected chi connectivity index (χ1v) is 7.82. The molecule has 0 aliphatic carbocycles. The molecule has 0 saturated carbocycles. The van der Waals surface area contributed by atoms with E-state index >= 15 is 0 Å². The highest BCUT2D eigenvalue weighted by molar-refractivity contribution is 5.97. The van der Waals surface area contributed by atoms with Crippen LogP contribution in [0.25, 0.3) is 0 Å². The summed E-state index contributed by atoms with van der Waals surface area (Å²) in [5.41, 5.74) is 0. The molecule has 0 aromatic rings. The van der Waals surface area contributed by atoms with E-state index in [0.717, 1.165) is 51.7 Å². The molecule has 2 atom stereocenters. The molecule has 2 heterocycles. The first kappa shape index (κ1) is 15.3. The van der Waals surface area contributed by atoms with Crippen molar-refractivity contribution in [3.05, 3.63) is 0 Å². The molecule has 0 aromatic heterocycles. The highest BCUT2D eigenvalue weighted by Gasteiger charge is 2.46. The van der Waals surface area contributed by atoms with Gasteiger partial charge in [0.05, 0.1) is 0 Å². The third-order valence-electron chi connectivity index (χ3n) is 4.41. The van der Waals surface area contributed by atoms with Gasteiger partial charge in [-0.1, -0.05) is 6.92 Å². The van der Waals surface area contributed by atoms with Crippen LogP contribution in [0.1, 0.15) is 39.0 Å². The SMILES string of the molecule is CCC1C(=O)N2CCCC2C(=O)N1CCCCN(C)C. The number of carbonyl (C=O) groups is 2. The molecule has 114 valence electrons. The van der Waals surface area contributed by atoms with Crippen LogP contribution in [0.2, 0.25) is 0 Å². The van der Waals surface area contributed by atoms with E-state index in [1.165, 1.54) is 0 Å². The molecule has 2 aliphatic heterocycles. The Labute approximate surface area is 121 Å². The van der Waals surface area contributed by atoms with Gasteiger partial charge in [0.1, 0.15) is 12.1 Å². The summed E-state index contributed by atoms with van der Waals surface area (Å²) in [6, 6.07) is -0.393. The van der Waals surface area contributed by atoms with Crippen LogP contribution in [-0.2, 0) is 9.59 Å². The summed E-state index contributed by atoms with van der Waals surface area (Å²) in [5.74, 6) is 0.348. The van der Waals surface area contributed by atoms with Gasteiger partial charge in [-0.3, -0.25) is 9.59 Å². The Morgan fingerprint density at radius 2 is 1.95 bits per heavy atom. The van der Waals surface area contributed by atoms with Crippen molar-refractivity contribution in [3.63, 3.8) is 0 Å². The third kappa shape index (κ3) is 2.97. The summed E-state index contributed by atoms with van der Waals surface area (Å²) in [5, 5.41) is 0. The number of fused-ring (bicyclic) bond motifs is 1. The molecule has 0 aromatic carbocycles. The number of carbonyl (C=O) groups excluding carboxylic acids is 2. The number of rotatable bonds is 6. The molecule has 5 heteroatoms. The molecule has 2 saturated heterocycles. The van der Waals surface area contributed by atoms with E-state index in [-0.39, 0.29) is 23.9 Å². The third-order valence-corrected chi connectivity index (χ3v) is 4.41. The molecule has 2 aliphatic rings. The molecule has 5 nitrogen and oxygen atoms in total. The summed E-state index contributed by atoms with van der Waals surface area (Å²) in [4.78, 5) is 30.8. The van der Waals surface area contributed by atoms with Gasteiger partial charge >= 0.3 is 0 Å². The van der Waals surface area contributed by atoms with Gasteiger partial charge < -0.3 is 14.7 Å². The quantitative estimate of drug-likeness (QED) is 0.681. The fourth-order valence-electron chi connectivity index (χ4n) is 3.33. The Balaban J connectivity index is 1.97. The Morgan fingerprint density at radius 1 is 1.20 bits per heavy atom. The van der Waals surface area contributed by atoms with Crippen LogP contribution in [0, 0.1) is 0 Å². The van der Waals surface area contributed by atoms with Crippen LogP contribution in [0.3, 0.4) is 0 Å². The fraction of sp³-hybridized carbons (Fsp3) is 0.867.